The van der Waals surface area contributed by atoms with Crippen molar-refractivity contribution < 1.29 is 4.74 Å². The van der Waals surface area contributed by atoms with E-state index in [1.165, 1.54) is 22.3 Å². The summed E-state index contributed by atoms with van der Waals surface area (Å²) >= 11 is 0. The van der Waals surface area contributed by atoms with Gasteiger partial charge in [-0.2, -0.15) is 0 Å². The highest BCUT2D eigenvalue weighted by molar-refractivity contribution is 5.36. The average Bonchev–Trinajstić information content (AvgIpc) is 2.32. The van der Waals surface area contributed by atoms with Crippen LogP contribution >= 0.6 is 0 Å². The smallest absolute Gasteiger partial charge is 0.0561 e. The molecular weight excluding hydrogens is 222 g/mol. The van der Waals surface area contributed by atoms with Crippen molar-refractivity contribution >= 4 is 0 Å². The summed E-state index contributed by atoms with van der Waals surface area (Å²) in [6, 6.07) is 5.22. The highest BCUT2D eigenvalue weighted by Gasteiger charge is 2.18. The van der Waals surface area contributed by atoms with E-state index < -0.39 is 0 Å². The van der Waals surface area contributed by atoms with Crippen molar-refractivity contribution in [2.45, 2.75) is 59.2 Å². The van der Waals surface area contributed by atoms with E-state index in [-0.39, 0.29) is 0 Å². The van der Waals surface area contributed by atoms with Crippen molar-refractivity contribution in [2.75, 3.05) is 6.61 Å². The summed E-state index contributed by atoms with van der Waals surface area (Å²) in [6.45, 7) is 10.6. The molecule has 0 bridgehead atoms. The van der Waals surface area contributed by atoms with Gasteiger partial charge in [0.05, 0.1) is 6.10 Å². The van der Waals surface area contributed by atoms with Crippen LogP contribution in [-0.2, 0) is 11.3 Å². The van der Waals surface area contributed by atoms with Crippen molar-refractivity contribution in [3.63, 3.8) is 0 Å². The molecule has 1 aliphatic rings. The fourth-order valence-corrected chi connectivity index (χ4v) is 2.65. The summed E-state index contributed by atoms with van der Waals surface area (Å²) in [5.74, 6) is 0. The zero-order chi connectivity index (χ0) is 13.1. The van der Waals surface area contributed by atoms with Gasteiger partial charge >= 0.3 is 0 Å². The highest BCUT2D eigenvalue weighted by atomic mass is 16.5. The molecule has 1 fully saturated rings. The van der Waals surface area contributed by atoms with Crippen molar-refractivity contribution in [2.24, 2.45) is 0 Å². The monoisotopic (exact) mass is 247 g/mol. The number of benzene rings is 1. The van der Waals surface area contributed by atoms with Crippen LogP contribution in [0.3, 0.4) is 0 Å². The Hall–Kier alpha value is -0.860. The lowest BCUT2D eigenvalue weighted by Crippen LogP contribution is -2.37. The third-order valence-electron chi connectivity index (χ3n) is 4.02. The van der Waals surface area contributed by atoms with Crippen LogP contribution in [0.15, 0.2) is 12.1 Å². The Morgan fingerprint density at radius 2 is 1.89 bits per heavy atom. The van der Waals surface area contributed by atoms with E-state index in [2.05, 4.69) is 45.1 Å². The van der Waals surface area contributed by atoms with E-state index in [4.69, 9.17) is 4.74 Å². The quantitative estimate of drug-likeness (QED) is 0.885. The first kappa shape index (κ1) is 13.6. The van der Waals surface area contributed by atoms with Gasteiger partial charge in [-0.1, -0.05) is 12.1 Å². The molecule has 0 spiro atoms. The van der Waals surface area contributed by atoms with Gasteiger partial charge in [-0.25, -0.2) is 0 Å². The maximum Gasteiger partial charge on any atom is 0.0561 e. The molecule has 0 aliphatic carbocycles. The lowest BCUT2D eigenvalue weighted by molar-refractivity contribution is 0.0130. The Balaban J connectivity index is 1.95. The molecule has 2 rings (SSSR count). The largest absolute Gasteiger partial charge is 0.378 e. The third-order valence-corrected chi connectivity index (χ3v) is 4.02. The van der Waals surface area contributed by atoms with Gasteiger partial charge in [0.2, 0.25) is 0 Å². The number of aryl methyl sites for hydroxylation is 3. The SMILES string of the molecule is Cc1cc(C)c(CNC2CCOC(C)C2)cc1C. The fourth-order valence-electron chi connectivity index (χ4n) is 2.65. The molecule has 2 unspecified atom stereocenters. The van der Waals surface area contributed by atoms with Crippen molar-refractivity contribution in [3.8, 4) is 0 Å². The molecule has 1 aliphatic heterocycles. The van der Waals surface area contributed by atoms with Crippen LogP contribution in [0.2, 0.25) is 0 Å². The Kier molecular flexibility index (Phi) is 4.41. The first-order chi connectivity index (χ1) is 8.56. The first-order valence-electron chi connectivity index (χ1n) is 6.98. The summed E-state index contributed by atoms with van der Waals surface area (Å²) in [5, 5.41) is 3.68. The van der Waals surface area contributed by atoms with Gasteiger partial charge in [0, 0.05) is 19.2 Å². The number of hydrogen-bond acceptors (Lipinski definition) is 2. The van der Waals surface area contributed by atoms with Crippen LogP contribution in [0, 0.1) is 20.8 Å². The maximum atomic E-state index is 5.58. The van der Waals surface area contributed by atoms with Crippen LogP contribution < -0.4 is 5.32 Å². The molecule has 0 aromatic heterocycles. The van der Waals surface area contributed by atoms with E-state index in [1.807, 2.05) is 0 Å². The minimum atomic E-state index is 0.400. The number of hydrogen-bond donors (Lipinski definition) is 1. The number of ether oxygens (including phenoxy) is 1. The minimum Gasteiger partial charge on any atom is -0.378 e. The summed E-state index contributed by atoms with van der Waals surface area (Å²) in [7, 11) is 0. The summed E-state index contributed by atoms with van der Waals surface area (Å²) in [5.41, 5.74) is 5.59. The van der Waals surface area contributed by atoms with Gasteiger partial charge in [0.25, 0.3) is 0 Å². The molecule has 2 heteroatoms. The fraction of sp³-hybridized carbons (Fsp3) is 0.625. The normalized spacial score (nSPS) is 24.2. The molecule has 100 valence electrons. The first-order valence-corrected chi connectivity index (χ1v) is 6.98. The second-order valence-corrected chi connectivity index (χ2v) is 5.65. The Labute approximate surface area is 111 Å². The molecule has 0 amide bonds. The van der Waals surface area contributed by atoms with Crippen LogP contribution in [0.5, 0.6) is 0 Å². The van der Waals surface area contributed by atoms with Crippen LogP contribution in [0.1, 0.15) is 42.0 Å². The van der Waals surface area contributed by atoms with Crippen molar-refractivity contribution in [1.82, 2.24) is 5.32 Å². The lowest BCUT2D eigenvalue weighted by Gasteiger charge is -2.28. The third kappa shape index (κ3) is 3.33. The number of rotatable bonds is 3. The summed E-state index contributed by atoms with van der Waals surface area (Å²) in [4.78, 5) is 0. The van der Waals surface area contributed by atoms with Crippen molar-refractivity contribution in [3.05, 3.63) is 34.4 Å². The molecule has 1 aromatic carbocycles. The minimum absolute atomic E-state index is 0.400. The van der Waals surface area contributed by atoms with Gasteiger partial charge in [-0.15, -0.1) is 0 Å². The molecule has 2 atom stereocenters. The van der Waals surface area contributed by atoms with Crippen molar-refractivity contribution in [1.29, 1.82) is 0 Å². The predicted molar refractivity (Wildman–Crippen MR) is 75.9 cm³/mol. The molecule has 18 heavy (non-hydrogen) atoms. The molecule has 1 saturated heterocycles. The Morgan fingerprint density at radius 1 is 1.17 bits per heavy atom. The molecule has 1 aromatic rings. The molecule has 1 heterocycles. The standard InChI is InChI=1S/C16H25NO/c1-11-7-13(3)15(8-12(11)2)10-17-16-5-6-18-14(4)9-16/h7-8,14,16-17H,5-6,9-10H2,1-4H3. The molecule has 0 saturated carbocycles. The van der Waals surface area contributed by atoms with Gasteiger partial charge in [0.15, 0.2) is 0 Å². The van der Waals surface area contributed by atoms with E-state index in [0.29, 0.717) is 12.1 Å². The Morgan fingerprint density at radius 3 is 2.61 bits per heavy atom. The summed E-state index contributed by atoms with van der Waals surface area (Å²) in [6.07, 6.45) is 2.66. The lowest BCUT2D eigenvalue weighted by atomic mass is 9.99. The van der Waals surface area contributed by atoms with Gasteiger partial charge in [0.1, 0.15) is 0 Å². The molecule has 0 radical (unpaired) electrons. The molecule has 1 N–H and O–H groups in total. The molecular formula is C16H25NO. The van der Waals surface area contributed by atoms with E-state index in [9.17, 15) is 0 Å². The van der Waals surface area contributed by atoms with E-state index in [1.54, 1.807) is 0 Å². The molecule has 2 nitrogen and oxygen atoms in total. The van der Waals surface area contributed by atoms with Crippen LogP contribution in [0.25, 0.3) is 0 Å². The maximum absolute atomic E-state index is 5.58. The van der Waals surface area contributed by atoms with Gasteiger partial charge < -0.3 is 10.1 Å². The van der Waals surface area contributed by atoms with Gasteiger partial charge in [-0.3, -0.25) is 0 Å². The zero-order valence-electron chi connectivity index (χ0n) is 12.0. The Bertz CT molecular complexity index is 414. The van der Waals surface area contributed by atoms with Crippen LogP contribution in [-0.4, -0.2) is 18.8 Å². The summed E-state index contributed by atoms with van der Waals surface area (Å²) < 4.78 is 5.58. The van der Waals surface area contributed by atoms with E-state index >= 15 is 0 Å². The highest BCUT2D eigenvalue weighted by Crippen LogP contribution is 2.17. The number of nitrogens with one attached hydrogen (secondary N) is 1. The van der Waals surface area contributed by atoms with Crippen LogP contribution in [0.4, 0.5) is 0 Å². The second kappa shape index (κ2) is 5.85. The van der Waals surface area contributed by atoms with E-state index in [0.717, 1.165) is 26.0 Å². The zero-order valence-corrected chi connectivity index (χ0v) is 12.0. The topological polar surface area (TPSA) is 21.3 Å². The predicted octanol–water partition coefficient (Wildman–Crippen LogP) is 3.27. The second-order valence-electron chi connectivity index (χ2n) is 5.65. The average molecular weight is 247 g/mol. The van der Waals surface area contributed by atoms with Gasteiger partial charge in [-0.05, 0) is 62.8 Å².